The van der Waals surface area contributed by atoms with E-state index in [1.165, 1.54) is 120 Å². The average molecular weight is 1130 g/mol. The van der Waals surface area contributed by atoms with Gasteiger partial charge in [0.1, 0.15) is 0 Å². The number of aromatic nitrogens is 2. The number of hydrogen-bond acceptors (Lipinski definition) is 2. The molecule has 0 unspecified atom stereocenters. The smallest absolute Gasteiger partial charge is 0.0732 e. The molecule has 414 valence electrons. The molecule has 4 heteroatoms. The molecule has 0 aliphatic heterocycles. The largest absolute Gasteiger partial charge is 0.310 e. The molecule has 0 N–H and O–H groups in total. The molecule has 0 atom stereocenters. The van der Waals surface area contributed by atoms with E-state index in [1.807, 2.05) is 0 Å². The van der Waals surface area contributed by atoms with Crippen LogP contribution < -0.4 is 9.80 Å². The standard InChI is InChI=1S/C85H54N4/c1-5-25-55(26-6-1)86(60-46-49-79-72(52-60)66-37-19-23-43-77(66)88(79)57-29-9-3-10-30-57)59-45-48-70-71(51-59)62-33-13-15-39-68(62)83-82-69-40-16-14-36-65(69)81(54-76(82)85(84(70)83)74-41-21-17-34-63(74)64-35-18-22-42-75(64)85)87(56-27-7-2-8-28-56)61-47-50-80-73(53-61)67-38-20-24-44-78(67)89(80)58-31-11-4-12-32-58/h1-54H. The highest BCUT2D eigenvalue weighted by Crippen LogP contribution is 2.67. The summed E-state index contributed by atoms with van der Waals surface area (Å²) in [5, 5.41) is 12.2. The zero-order chi connectivity index (χ0) is 58.3. The fourth-order valence-electron chi connectivity index (χ4n) is 15.9. The van der Waals surface area contributed by atoms with Crippen molar-refractivity contribution in [1.82, 2.24) is 9.13 Å². The highest BCUT2D eigenvalue weighted by atomic mass is 15.2. The SMILES string of the molecule is c1ccc(N(c2ccc3c4c(c5ccccc5c3c2)-c2c(cc(N(c3ccccc3)c3ccc5c(c3)c3ccccc3n5-c3ccccc3)c3ccccc23)C42c3ccccc3-c3ccccc32)c2ccc3c(c2)c2ccccc2n3-c2ccccc2)cc1. The van der Waals surface area contributed by atoms with Crippen LogP contribution in [0.1, 0.15) is 22.3 Å². The molecule has 1 spiro atoms. The summed E-state index contributed by atoms with van der Waals surface area (Å²) in [5.41, 5.74) is 23.2. The maximum absolute atomic E-state index is 2.60. The van der Waals surface area contributed by atoms with Crippen molar-refractivity contribution in [3.63, 3.8) is 0 Å². The Hall–Kier alpha value is -11.7. The first-order chi connectivity index (χ1) is 44.2. The molecule has 89 heavy (non-hydrogen) atoms. The molecule has 17 aromatic rings. The number of nitrogens with zero attached hydrogens (tertiary/aromatic N) is 4. The second-order valence-corrected chi connectivity index (χ2v) is 23.9. The molecule has 4 nitrogen and oxygen atoms in total. The topological polar surface area (TPSA) is 16.3 Å². The lowest BCUT2D eigenvalue weighted by Gasteiger charge is -2.34. The first-order valence-corrected chi connectivity index (χ1v) is 30.8. The summed E-state index contributed by atoms with van der Waals surface area (Å²) in [6.07, 6.45) is 0. The summed E-state index contributed by atoms with van der Waals surface area (Å²) >= 11 is 0. The number of para-hydroxylation sites is 6. The molecule has 0 radical (unpaired) electrons. The van der Waals surface area contributed by atoms with Crippen LogP contribution in [0, 0.1) is 0 Å². The van der Waals surface area contributed by atoms with Crippen molar-refractivity contribution in [3.8, 4) is 33.6 Å². The number of hydrogen-bond donors (Lipinski definition) is 0. The van der Waals surface area contributed by atoms with Gasteiger partial charge in [-0.1, -0.05) is 212 Å². The van der Waals surface area contributed by atoms with Crippen LogP contribution in [0.2, 0.25) is 0 Å². The summed E-state index contributed by atoms with van der Waals surface area (Å²) < 4.78 is 4.80. The van der Waals surface area contributed by atoms with Gasteiger partial charge >= 0.3 is 0 Å². The van der Waals surface area contributed by atoms with E-state index in [4.69, 9.17) is 0 Å². The highest BCUT2D eigenvalue weighted by Gasteiger charge is 2.54. The van der Waals surface area contributed by atoms with Crippen LogP contribution in [0.5, 0.6) is 0 Å². The number of benzene rings is 15. The Morgan fingerprint density at radius 3 is 1.17 bits per heavy atom. The van der Waals surface area contributed by atoms with Gasteiger partial charge in [0.15, 0.2) is 0 Å². The van der Waals surface area contributed by atoms with Crippen LogP contribution in [0.15, 0.2) is 328 Å². The van der Waals surface area contributed by atoms with Crippen molar-refractivity contribution in [2.75, 3.05) is 9.80 Å². The number of fused-ring (bicyclic) bond motifs is 23. The third-order valence-electron chi connectivity index (χ3n) is 19.4. The zero-order valence-electron chi connectivity index (χ0n) is 48.5. The fraction of sp³-hybridized carbons (Fsp3) is 0.0118. The lowest BCUT2D eigenvalue weighted by Crippen LogP contribution is -2.26. The molecule has 15 aromatic carbocycles. The van der Waals surface area contributed by atoms with Crippen molar-refractivity contribution >= 4 is 110 Å². The van der Waals surface area contributed by atoms with E-state index in [-0.39, 0.29) is 0 Å². The molecule has 19 rings (SSSR count). The van der Waals surface area contributed by atoms with E-state index in [9.17, 15) is 0 Å². The molecule has 0 fully saturated rings. The second-order valence-electron chi connectivity index (χ2n) is 23.9. The van der Waals surface area contributed by atoms with Gasteiger partial charge < -0.3 is 18.9 Å². The lowest BCUT2D eigenvalue weighted by atomic mass is 9.69. The van der Waals surface area contributed by atoms with E-state index in [0.29, 0.717) is 0 Å². The van der Waals surface area contributed by atoms with Crippen LogP contribution >= 0.6 is 0 Å². The van der Waals surface area contributed by atoms with E-state index < -0.39 is 5.41 Å². The molecule has 2 aliphatic rings. The summed E-state index contributed by atoms with van der Waals surface area (Å²) in [6.45, 7) is 0. The minimum absolute atomic E-state index is 0.715. The van der Waals surface area contributed by atoms with E-state index >= 15 is 0 Å². The first kappa shape index (κ1) is 49.5. The number of rotatable bonds is 8. The predicted octanol–water partition coefficient (Wildman–Crippen LogP) is 22.6. The van der Waals surface area contributed by atoms with Crippen molar-refractivity contribution in [2.24, 2.45) is 0 Å². The Kier molecular flexibility index (Phi) is 10.7. The van der Waals surface area contributed by atoms with E-state index in [1.54, 1.807) is 0 Å². The lowest BCUT2D eigenvalue weighted by molar-refractivity contribution is 0.802. The second kappa shape index (κ2) is 19.1. The van der Waals surface area contributed by atoms with E-state index in [0.717, 1.165) is 45.5 Å². The monoisotopic (exact) mass is 1130 g/mol. The van der Waals surface area contributed by atoms with Crippen molar-refractivity contribution in [2.45, 2.75) is 5.41 Å². The van der Waals surface area contributed by atoms with Gasteiger partial charge in [-0.05, 0) is 187 Å². The molecular formula is C85H54N4. The van der Waals surface area contributed by atoms with Gasteiger partial charge in [-0.2, -0.15) is 0 Å². The first-order valence-electron chi connectivity index (χ1n) is 30.8. The molecule has 0 saturated heterocycles. The quantitative estimate of drug-likeness (QED) is 0.141. The summed E-state index contributed by atoms with van der Waals surface area (Å²) in [7, 11) is 0. The Labute approximate surface area is 514 Å². The van der Waals surface area contributed by atoms with Gasteiger partial charge in [0.2, 0.25) is 0 Å². The van der Waals surface area contributed by atoms with Gasteiger partial charge in [-0.3, -0.25) is 0 Å². The molecule has 2 aliphatic carbocycles. The van der Waals surface area contributed by atoms with Gasteiger partial charge in [-0.25, -0.2) is 0 Å². The van der Waals surface area contributed by atoms with Crippen LogP contribution in [0.4, 0.5) is 34.1 Å². The number of anilines is 6. The molecule has 2 heterocycles. The summed E-state index contributed by atoms with van der Waals surface area (Å²) in [4.78, 5) is 4.98. The Bertz CT molecular complexity index is 5700. The summed E-state index contributed by atoms with van der Waals surface area (Å²) in [5.74, 6) is 0. The molecule has 0 amide bonds. The average Bonchev–Trinajstić information content (AvgIpc) is 1.50. The van der Waals surface area contributed by atoms with Crippen molar-refractivity contribution in [3.05, 3.63) is 350 Å². The predicted molar refractivity (Wildman–Crippen MR) is 373 cm³/mol. The maximum atomic E-state index is 2.60. The molecule has 2 aromatic heterocycles. The highest BCUT2D eigenvalue weighted by molar-refractivity contribution is 6.25. The molecular weight excluding hydrogens is 1080 g/mol. The van der Waals surface area contributed by atoms with Crippen molar-refractivity contribution < 1.29 is 0 Å². The van der Waals surface area contributed by atoms with Crippen molar-refractivity contribution in [1.29, 1.82) is 0 Å². The minimum Gasteiger partial charge on any atom is -0.310 e. The van der Waals surface area contributed by atoms with Gasteiger partial charge in [0, 0.05) is 66.7 Å². The van der Waals surface area contributed by atoms with Crippen LogP contribution in [-0.4, -0.2) is 9.13 Å². The normalized spacial score (nSPS) is 12.8. The summed E-state index contributed by atoms with van der Waals surface area (Å²) in [6, 6.07) is 122. The third kappa shape index (κ3) is 7.00. The zero-order valence-corrected chi connectivity index (χ0v) is 48.5. The van der Waals surface area contributed by atoms with Gasteiger partial charge in [-0.15, -0.1) is 0 Å². The molecule has 0 bridgehead atoms. The Morgan fingerprint density at radius 1 is 0.225 bits per heavy atom. The minimum atomic E-state index is -0.715. The molecule has 0 saturated carbocycles. The van der Waals surface area contributed by atoms with Crippen LogP contribution in [-0.2, 0) is 5.41 Å². The maximum Gasteiger partial charge on any atom is 0.0732 e. The Balaban J connectivity index is 0.889. The Morgan fingerprint density at radius 2 is 0.618 bits per heavy atom. The van der Waals surface area contributed by atoms with Gasteiger partial charge in [0.25, 0.3) is 0 Å². The van der Waals surface area contributed by atoms with E-state index in [2.05, 4.69) is 347 Å². The van der Waals surface area contributed by atoms with Crippen LogP contribution in [0.3, 0.4) is 0 Å². The fourth-order valence-corrected chi connectivity index (χ4v) is 15.9. The third-order valence-corrected chi connectivity index (χ3v) is 19.4. The van der Waals surface area contributed by atoms with Crippen LogP contribution in [0.25, 0.3) is 110 Å². The van der Waals surface area contributed by atoms with Gasteiger partial charge in [0.05, 0.1) is 33.2 Å².